The van der Waals surface area contributed by atoms with Crippen molar-refractivity contribution in [3.8, 4) is 0 Å². The molecule has 4 heteroatoms. The molecular weight excluding hydrogens is 264 g/mol. The first-order valence-corrected chi connectivity index (χ1v) is 7.98. The summed E-state index contributed by atoms with van der Waals surface area (Å²) in [6, 6.07) is 9.14. The van der Waals surface area contributed by atoms with Crippen LogP contribution >= 0.6 is 0 Å². The van der Waals surface area contributed by atoms with Gasteiger partial charge in [0, 0.05) is 19.6 Å². The number of aliphatic hydroxyl groups excluding tert-OH is 1. The fraction of sp³-hybridized carbons (Fsp3) is 0.647. The van der Waals surface area contributed by atoms with Gasteiger partial charge in [-0.05, 0) is 25.0 Å². The number of hydrogen-bond donors (Lipinski definition) is 2. The highest BCUT2D eigenvalue weighted by atomic mass is 16.5. The van der Waals surface area contributed by atoms with Crippen molar-refractivity contribution in [3.05, 3.63) is 24.3 Å². The van der Waals surface area contributed by atoms with Gasteiger partial charge >= 0.3 is 0 Å². The molecule has 4 nitrogen and oxygen atoms in total. The van der Waals surface area contributed by atoms with Crippen LogP contribution in [0.25, 0.3) is 0 Å². The average Bonchev–Trinajstić information content (AvgIpc) is 3.00. The standard InChI is InChI=1S/C17H26N2O2/c1-19(14-6-2-3-7-14)16-9-5-4-8-15(16)18-10-17(11-20)12-21-13-17/h4-5,8-9,14,18,20H,2-3,6-7,10-13H2,1H3. The maximum Gasteiger partial charge on any atom is 0.0601 e. The highest BCUT2D eigenvalue weighted by Crippen LogP contribution is 2.33. The van der Waals surface area contributed by atoms with Gasteiger partial charge in [-0.15, -0.1) is 0 Å². The molecule has 2 fully saturated rings. The third-order valence-electron chi connectivity index (χ3n) is 4.96. The minimum atomic E-state index is -0.0982. The van der Waals surface area contributed by atoms with Crippen molar-refractivity contribution in [2.24, 2.45) is 5.41 Å². The Morgan fingerprint density at radius 2 is 2.00 bits per heavy atom. The van der Waals surface area contributed by atoms with Gasteiger partial charge in [0.25, 0.3) is 0 Å². The first-order chi connectivity index (χ1) is 10.2. The smallest absolute Gasteiger partial charge is 0.0601 e. The summed E-state index contributed by atoms with van der Waals surface area (Å²) in [7, 11) is 2.20. The lowest BCUT2D eigenvalue weighted by Gasteiger charge is -2.40. The van der Waals surface area contributed by atoms with E-state index >= 15 is 0 Å². The average molecular weight is 290 g/mol. The predicted octanol–water partition coefficient (Wildman–Crippen LogP) is 2.49. The van der Waals surface area contributed by atoms with Crippen LogP contribution in [0.1, 0.15) is 25.7 Å². The maximum atomic E-state index is 9.54. The molecule has 21 heavy (non-hydrogen) atoms. The van der Waals surface area contributed by atoms with E-state index in [0.29, 0.717) is 19.3 Å². The van der Waals surface area contributed by atoms with Crippen LogP contribution < -0.4 is 10.2 Å². The second kappa shape index (κ2) is 6.24. The Hall–Kier alpha value is -1.26. The van der Waals surface area contributed by atoms with Crippen LogP contribution in [0.2, 0.25) is 0 Å². The summed E-state index contributed by atoms with van der Waals surface area (Å²) in [5.74, 6) is 0. The number of benzene rings is 1. The molecule has 1 aromatic carbocycles. The lowest BCUT2D eigenvalue weighted by Crippen LogP contribution is -2.50. The summed E-state index contributed by atoms with van der Waals surface area (Å²) in [5, 5.41) is 13.1. The molecule has 0 atom stereocenters. The third kappa shape index (κ3) is 3.01. The van der Waals surface area contributed by atoms with Crippen LogP contribution in [-0.4, -0.2) is 44.6 Å². The molecule has 1 aliphatic heterocycles. The van der Waals surface area contributed by atoms with Gasteiger partial charge in [0.1, 0.15) is 0 Å². The van der Waals surface area contributed by atoms with E-state index < -0.39 is 0 Å². The van der Waals surface area contributed by atoms with Crippen molar-refractivity contribution in [2.45, 2.75) is 31.7 Å². The van der Waals surface area contributed by atoms with Crippen molar-refractivity contribution < 1.29 is 9.84 Å². The van der Waals surface area contributed by atoms with Crippen LogP contribution in [0.15, 0.2) is 24.3 Å². The van der Waals surface area contributed by atoms with Gasteiger partial charge < -0.3 is 20.1 Å². The van der Waals surface area contributed by atoms with Gasteiger partial charge in [-0.25, -0.2) is 0 Å². The maximum absolute atomic E-state index is 9.54. The lowest BCUT2D eigenvalue weighted by atomic mass is 9.87. The minimum Gasteiger partial charge on any atom is -0.396 e. The zero-order chi connectivity index (χ0) is 14.7. The molecule has 1 aliphatic carbocycles. The molecule has 0 unspecified atom stereocenters. The highest BCUT2D eigenvalue weighted by molar-refractivity contribution is 5.70. The van der Waals surface area contributed by atoms with Crippen LogP contribution in [0, 0.1) is 5.41 Å². The normalized spacial score (nSPS) is 21.0. The number of rotatable bonds is 6. The Bertz CT molecular complexity index is 462. The minimum absolute atomic E-state index is 0.0982. The van der Waals surface area contributed by atoms with Gasteiger partial charge in [-0.2, -0.15) is 0 Å². The summed E-state index contributed by atoms with van der Waals surface area (Å²) in [6.45, 7) is 2.24. The van der Waals surface area contributed by atoms with Crippen molar-refractivity contribution in [1.29, 1.82) is 0 Å². The first-order valence-electron chi connectivity index (χ1n) is 7.98. The zero-order valence-corrected chi connectivity index (χ0v) is 12.8. The molecule has 2 aliphatic rings. The second-order valence-corrected chi connectivity index (χ2v) is 6.57. The predicted molar refractivity (Wildman–Crippen MR) is 85.9 cm³/mol. The summed E-state index contributed by atoms with van der Waals surface area (Å²) in [6.07, 6.45) is 5.27. The van der Waals surface area contributed by atoms with Gasteiger partial charge in [0.05, 0.1) is 36.6 Å². The molecule has 0 spiro atoms. The Kier molecular flexibility index (Phi) is 4.36. The molecule has 1 heterocycles. The number of hydrogen-bond acceptors (Lipinski definition) is 4. The third-order valence-corrected chi connectivity index (χ3v) is 4.96. The van der Waals surface area contributed by atoms with Gasteiger partial charge in [0.2, 0.25) is 0 Å². The van der Waals surface area contributed by atoms with E-state index in [0.717, 1.165) is 12.2 Å². The zero-order valence-electron chi connectivity index (χ0n) is 12.8. The number of nitrogens with one attached hydrogen (secondary N) is 1. The molecular formula is C17H26N2O2. The molecule has 116 valence electrons. The largest absolute Gasteiger partial charge is 0.396 e. The molecule has 0 aromatic heterocycles. The molecule has 0 radical (unpaired) electrons. The summed E-state index contributed by atoms with van der Waals surface area (Å²) in [4.78, 5) is 2.41. The molecule has 2 N–H and O–H groups in total. The summed E-state index contributed by atoms with van der Waals surface area (Å²) >= 11 is 0. The number of nitrogens with zero attached hydrogens (tertiary/aromatic N) is 1. The summed E-state index contributed by atoms with van der Waals surface area (Å²) in [5.41, 5.74) is 2.32. The van der Waals surface area contributed by atoms with Crippen LogP contribution in [-0.2, 0) is 4.74 Å². The Balaban J connectivity index is 1.70. The molecule has 0 amide bonds. The Morgan fingerprint density at radius 3 is 2.62 bits per heavy atom. The fourth-order valence-corrected chi connectivity index (χ4v) is 3.34. The van der Waals surface area contributed by atoms with Crippen LogP contribution in [0.4, 0.5) is 11.4 Å². The van der Waals surface area contributed by atoms with Gasteiger partial charge in [-0.1, -0.05) is 25.0 Å². The highest BCUT2D eigenvalue weighted by Gasteiger charge is 2.38. The number of para-hydroxylation sites is 2. The second-order valence-electron chi connectivity index (χ2n) is 6.57. The molecule has 3 rings (SSSR count). The van der Waals surface area contributed by atoms with Crippen LogP contribution in [0.3, 0.4) is 0 Å². The van der Waals surface area contributed by atoms with E-state index in [-0.39, 0.29) is 12.0 Å². The quantitative estimate of drug-likeness (QED) is 0.845. The lowest BCUT2D eigenvalue weighted by molar-refractivity contribution is -0.128. The number of anilines is 2. The summed E-state index contributed by atoms with van der Waals surface area (Å²) < 4.78 is 5.27. The number of aliphatic hydroxyl groups is 1. The fourth-order valence-electron chi connectivity index (χ4n) is 3.34. The van der Waals surface area contributed by atoms with Crippen LogP contribution in [0.5, 0.6) is 0 Å². The van der Waals surface area contributed by atoms with E-state index in [4.69, 9.17) is 4.74 Å². The van der Waals surface area contributed by atoms with Crippen molar-refractivity contribution in [3.63, 3.8) is 0 Å². The van der Waals surface area contributed by atoms with Crippen molar-refractivity contribution >= 4 is 11.4 Å². The van der Waals surface area contributed by atoms with Gasteiger partial charge in [-0.3, -0.25) is 0 Å². The SMILES string of the molecule is CN(c1ccccc1NCC1(CO)COC1)C1CCCC1. The van der Waals surface area contributed by atoms with E-state index in [1.54, 1.807) is 0 Å². The van der Waals surface area contributed by atoms with Crippen molar-refractivity contribution in [1.82, 2.24) is 0 Å². The molecule has 1 saturated heterocycles. The first kappa shape index (κ1) is 14.7. The Morgan fingerprint density at radius 1 is 1.29 bits per heavy atom. The molecule has 1 aromatic rings. The van der Waals surface area contributed by atoms with Gasteiger partial charge in [0.15, 0.2) is 0 Å². The molecule has 1 saturated carbocycles. The Labute approximate surface area is 127 Å². The van der Waals surface area contributed by atoms with Crippen molar-refractivity contribution in [2.75, 3.05) is 43.6 Å². The van der Waals surface area contributed by atoms with E-state index in [1.165, 1.54) is 31.4 Å². The topological polar surface area (TPSA) is 44.7 Å². The monoisotopic (exact) mass is 290 g/mol. The molecule has 0 bridgehead atoms. The van der Waals surface area contributed by atoms with E-state index in [1.807, 2.05) is 0 Å². The number of ether oxygens (including phenoxy) is 1. The van der Waals surface area contributed by atoms with E-state index in [9.17, 15) is 5.11 Å². The van der Waals surface area contributed by atoms with E-state index in [2.05, 4.69) is 41.5 Å².